The minimum Gasteiger partial charge on any atom is -0.497 e. The molecule has 26 heavy (non-hydrogen) atoms. The zero-order valence-corrected chi connectivity index (χ0v) is 14.4. The smallest absolute Gasteiger partial charge is 0.310 e. The van der Waals surface area contributed by atoms with Crippen LogP contribution in [0, 0.1) is 0 Å². The molecule has 0 aliphatic rings. The van der Waals surface area contributed by atoms with Gasteiger partial charge in [0.05, 0.1) is 13.5 Å². The number of fused-ring (bicyclic) bond motifs is 1. The van der Waals surface area contributed by atoms with Gasteiger partial charge in [-0.1, -0.05) is 48.5 Å². The lowest BCUT2D eigenvalue weighted by Crippen LogP contribution is -2.21. The molecule has 1 amide bonds. The van der Waals surface area contributed by atoms with Crippen molar-refractivity contribution in [2.75, 3.05) is 19.0 Å². The van der Waals surface area contributed by atoms with Gasteiger partial charge in [0.2, 0.25) is 0 Å². The SMILES string of the molecule is COc1cccc(CC(=O)OCC(=O)Nc2cccc3ccccc23)c1. The summed E-state index contributed by atoms with van der Waals surface area (Å²) in [7, 11) is 1.56. The molecule has 0 heterocycles. The third-order valence-corrected chi connectivity index (χ3v) is 3.91. The van der Waals surface area contributed by atoms with Gasteiger partial charge in [-0.15, -0.1) is 0 Å². The zero-order valence-electron chi connectivity index (χ0n) is 14.4. The molecule has 0 aliphatic heterocycles. The summed E-state index contributed by atoms with van der Waals surface area (Å²) in [6.45, 7) is -0.327. The number of nitrogens with one attached hydrogen (secondary N) is 1. The van der Waals surface area contributed by atoms with Gasteiger partial charge < -0.3 is 14.8 Å². The van der Waals surface area contributed by atoms with Gasteiger partial charge in [-0.2, -0.15) is 0 Å². The summed E-state index contributed by atoms with van der Waals surface area (Å²) in [6, 6.07) is 20.6. The van der Waals surface area contributed by atoms with Gasteiger partial charge in [0.15, 0.2) is 6.61 Å². The Morgan fingerprint density at radius 2 is 1.73 bits per heavy atom. The Labute approximate surface area is 151 Å². The van der Waals surface area contributed by atoms with Crippen LogP contribution in [0.1, 0.15) is 5.56 Å². The number of hydrogen-bond donors (Lipinski definition) is 1. The number of ether oxygens (including phenoxy) is 2. The van der Waals surface area contributed by atoms with Crippen molar-refractivity contribution >= 4 is 28.3 Å². The molecule has 3 rings (SSSR count). The first kappa shape index (κ1) is 17.5. The Balaban J connectivity index is 1.55. The molecule has 132 valence electrons. The van der Waals surface area contributed by atoms with Gasteiger partial charge in [-0.25, -0.2) is 0 Å². The molecule has 5 nitrogen and oxygen atoms in total. The van der Waals surface area contributed by atoms with Crippen molar-refractivity contribution < 1.29 is 19.1 Å². The van der Waals surface area contributed by atoms with Crippen molar-refractivity contribution in [3.63, 3.8) is 0 Å². The molecular weight excluding hydrogens is 330 g/mol. The second-order valence-electron chi connectivity index (χ2n) is 5.76. The van der Waals surface area contributed by atoms with Crippen LogP contribution in [0.3, 0.4) is 0 Å². The highest BCUT2D eigenvalue weighted by atomic mass is 16.5. The van der Waals surface area contributed by atoms with E-state index in [0.717, 1.165) is 16.3 Å². The average Bonchev–Trinajstić information content (AvgIpc) is 2.67. The van der Waals surface area contributed by atoms with Gasteiger partial charge >= 0.3 is 5.97 Å². The van der Waals surface area contributed by atoms with Crippen LogP contribution in [0.25, 0.3) is 10.8 Å². The highest BCUT2D eigenvalue weighted by Crippen LogP contribution is 2.22. The van der Waals surface area contributed by atoms with Gasteiger partial charge in [0, 0.05) is 11.1 Å². The van der Waals surface area contributed by atoms with Crippen LogP contribution in [0.15, 0.2) is 66.7 Å². The molecule has 0 fully saturated rings. The summed E-state index contributed by atoms with van der Waals surface area (Å²) in [5, 5.41) is 4.75. The van der Waals surface area contributed by atoms with Crippen molar-refractivity contribution in [2.45, 2.75) is 6.42 Å². The van der Waals surface area contributed by atoms with Crippen LogP contribution >= 0.6 is 0 Å². The first-order chi connectivity index (χ1) is 12.7. The summed E-state index contributed by atoms with van der Waals surface area (Å²) in [6.07, 6.45) is 0.0821. The largest absolute Gasteiger partial charge is 0.497 e. The predicted octanol–water partition coefficient (Wildman–Crippen LogP) is 3.57. The molecule has 0 radical (unpaired) electrons. The summed E-state index contributed by atoms with van der Waals surface area (Å²) in [4.78, 5) is 24.0. The predicted molar refractivity (Wildman–Crippen MR) is 100 cm³/mol. The lowest BCUT2D eigenvalue weighted by molar-refractivity contribution is -0.146. The van der Waals surface area contributed by atoms with E-state index in [9.17, 15) is 9.59 Å². The molecule has 1 N–H and O–H groups in total. The average molecular weight is 349 g/mol. The second kappa shape index (κ2) is 8.16. The molecule has 5 heteroatoms. The number of esters is 1. The van der Waals surface area contributed by atoms with Gasteiger partial charge in [0.25, 0.3) is 5.91 Å². The van der Waals surface area contributed by atoms with Crippen molar-refractivity contribution in [1.82, 2.24) is 0 Å². The highest BCUT2D eigenvalue weighted by Gasteiger charge is 2.10. The van der Waals surface area contributed by atoms with E-state index in [1.807, 2.05) is 42.5 Å². The molecule has 0 aliphatic carbocycles. The van der Waals surface area contributed by atoms with Crippen LogP contribution < -0.4 is 10.1 Å². The minimum absolute atomic E-state index is 0.0821. The minimum atomic E-state index is -0.466. The maximum Gasteiger partial charge on any atom is 0.310 e. The molecule has 3 aromatic carbocycles. The lowest BCUT2D eigenvalue weighted by atomic mass is 10.1. The Kier molecular flexibility index (Phi) is 5.49. The summed E-state index contributed by atoms with van der Waals surface area (Å²) in [5.74, 6) is -0.171. The normalized spacial score (nSPS) is 10.3. The number of rotatable bonds is 6. The molecule has 0 atom stereocenters. The fourth-order valence-corrected chi connectivity index (χ4v) is 2.67. The van der Waals surface area contributed by atoms with Crippen LogP contribution in [-0.2, 0) is 20.7 Å². The third kappa shape index (κ3) is 4.39. The van der Waals surface area contributed by atoms with E-state index in [4.69, 9.17) is 9.47 Å². The topological polar surface area (TPSA) is 64.6 Å². The van der Waals surface area contributed by atoms with E-state index in [0.29, 0.717) is 11.4 Å². The monoisotopic (exact) mass is 349 g/mol. The highest BCUT2D eigenvalue weighted by molar-refractivity contribution is 6.02. The Morgan fingerprint density at radius 1 is 0.962 bits per heavy atom. The number of carbonyl (C=O) groups is 2. The van der Waals surface area contributed by atoms with Crippen LogP contribution in [0.4, 0.5) is 5.69 Å². The van der Waals surface area contributed by atoms with E-state index in [-0.39, 0.29) is 18.9 Å². The van der Waals surface area contributed by atoms with E-state index in [2.05, 4.69) is 5.32 Å². The van der Waals surface area contributed by atoms with E-state index in [1.54, 1.807) is 31.4 Å². The number of anilines is 1. The molecule has 0 unspecified atom stereocenters. The van der Waals surface area contributed by atoms with Gasteiger partial charge in [-0.3, -0.25) is 9.59 Å². The molecule has 0 saturated carbocycles. The summed E-state index contributed by atoms with van der Waals surface area (Å²) >= 11 is 0. The molecular formula is C21H19NO4. The number of carbonyl (C=O) groups excluding carboxylic acids is 2. The third-order valence-electron chi connectivity index (χ3n) is 3.91. The fraction of sp³-hybridized carbons (Fsp3) is 0.143. The first-order valence-corrected chi connectivity index (χ1v) is 8.22. The van der Waals surface area contributed by atoms with Gasteiger partial charge in [0.1, 0.15) is 5.75 Å². The van der Waals surface area contributed by atoms with Crippen molar-refractivity contribution in [2.24, 2.45) is 0 Å². The van der Waals surface area contributed by atoms with E-state index < -0.39 is 5.97 Å². The zero-order chi connectivity index (χ0) is 18.4. The van der Waals surface area contributed by atoms with Crippen molar-refractivity contribution in [3.8, 4) is 5.75 Å². The summed E-state index contributed by atoms with van der Waals surface area (Å²) < 4.78 is 10.2. The lowest BCUT2D eigenvalue weighted by Gasteiger charge is -2.09. The van der Waals surface area contributed by atoms with Crippen molar-refractivity contribution in [1.29, 1.82) is 0 Å². The Hall–Kier alpha value is -3.34. The molecule has 0 bridgehead atoms. The van der Waals surface area contributed by atoms with Crippen LogP contribution in [0.5, 0.6) is 5.75 Å². The molecule has 0 aromatic heterocycles. The standard InChI is InChI=1S/C21H19NO4/c1-25-17-9-4-6-15(12-17)13-21(24)26-14-20(23)22-19-11-5-8-16-7-2-3-10-18(16)19/h2-12H,13-14H2,1H3,(H,22,23). The van der Waals surface area contributed by atoms with Crippen molar-refractivity contribution in [3.05, 3.63) is 72.3 Å². The van der Waals surface area contributed by atoms with Crippen LogP contribution in [0.2, 0.25) is 0 Å². The Morgan fingerprint density at radius 3 is 2.58 bits per heavy atom. The molecule has 0 saturated heterocycles. The molecule has 3 aromatic rings. The van der Waals surface area contributed by atoms with E-state index in [1.165, 1.54) is 0 Å². The number of benzene rings is 3. The quantitative estimate of drug-likeness (QED) is 0.691. The van der Waals surface area contributed by atoms with Gasteiger partial charge in [-0.05, 0) is 29.1 Å². The number of hydrogen-bond acceptors (Lipinski definition) is 4. The molecule has 0 spiro atoms. The maximum absolute atomic E-state index is 12.1. The second-order valence-corrected chi connectivity index (χ2v) is 5.76. The Bertz CT molecular complexity index is 931. The van der Waals surface area contributed by atoms with E-state index >= 15 is 0 Å². The first-order valence-electron chi connectivity index (χ1n) is 8.22. The fourth-order valence-electron chi connectivity index (χ4n) is 2.67. The number of methoxy groups -OCH3 is 1. The number of amides is 1. The maximum atomic E-state index is 12.1. The van der Waals surface area contributed by atoms with Crippen LogP contribution in [-0.4, -0.2) is 25.6 Å². The summed E-state index contributed by atoms with van der Waals surface area (Å²) in [5.41, 5.74) is 1.46.